The molecule has 0 bridgehead atoms. The van der Waals surface area contributed by atoms with Crippen LogP contribution in [0.15, 0.2) is 6.20 Å². The molecule has 6 nitrogen and oxygen atoms in total. The van der Waals surface area contributed by atoms with Crippen LogP contribution in [-0.2, 0) is 11.8 Å². The summed E-state index contributed by atoms with van der Waals surface area (Å²) in [5.41, 5.74) is 1.09. The van der Waals surface area contributed by atoms with Gasteiger partial charge in [-0.1, -0.05) is 19.1 Å². The molecule has 2 rings (SSSR count). The molecule has 1 aliphatic heterocycles. The van der Waals surface area contributed by atoms with Gasteiger partial charge in [0.15, 0.2) is 0 Å². The minimum absolute atomic E-state index is 0.161. The average molecular weight is 267 g/mol. The highest BCUT2D eigenvalue weighted by Crippen LogP contribution is 2.21. The second-order valence-electron chi connectivity index (χ2n) is 5.02. The molecule has 0 aliphatic carbocycles. The van der Waals surface area contributed by atoms with Crippen molar-refractivity contribution in [3.8, 4) is 0 Å². The first-order valence-corrected chi connectivity index (χ1v) is 7.18. The molecule has 0 aromatic carbocycles. The Morgan fingerprint density at radius 3 is 3.00 bits per heavy atom. The number of aryl methyl sites for hydroxylation is 1. The molecule has 2 heterocycles. The largest absolute Gasteiger partial charge is 0.374 e. The van der Waals surface area contributed by atoms with Crippen molar-refractivity contribution in [2.75, 3.05) is 32.8 Å². The van der Waals surface area contributed by atoms with Crippen molar-refractivity contribution in [2.24, 2.45) is 7.05 Å². The molecule has 0 saturated carbocycles. The fourth-order valence-electron chi connectivity index (χ4n) is 2.53. The summed E-state index contributed by atoms with van der Waals surface area (Å²) < 4.78 is 7.81. The third-order valence-electron chi connectivity index (χ3n) is 3.68. The fourth-order valence-corrected chi connectivity index (χ4v) is 2.53. The molecule has 1 fully saturated rings. The van der Waals surface area contributed by atoms with Crippen molar-refractivity contribution in [3.05, 3.63) is 11.9 Å². The van der Waals surface area contributed by atoms with Gasteiger partial charge in [0, 0.05) is 20.1 Å². The van der Waals surface area contributed by atoms with E-state index in [-0.39, 0.29) is 12.1 Å². The Hall–Kier alpha value is -0.980. The molecule has 0 amide bonds. The van der Waals surface area contributed by atoms with Crippen LogP contribution in [0.4, 0.5) is 0 Å². The van der Waals surface area contributed by atoms with Crippen molar-refractivity contribution < 1.29 is 4.74 Å². The first kappa shape index (κ1) is 14.4. The Morgan fingerprint density at radius 2 is 2.37 bits per heavy atom. The van der Waals surface area contributed by atoms with Crippen LogP contribution in [0.3, 0.4) is 0 Å². The number of nitrogens with zero attached hydrogens (tertiary/aromatic N) is 4. The van der Waals surface area contributed by atoms with Crippen LogP contribution in [0.1, 0.15) is 32.0 Å². The van der Waals surface area contributed by atoms with E-state index >= 15 is 0 Å². The van der Waals surface area contributed by atoms with E-state index in [1.54, 1.807) is 0 Å². The van der Waals surface area contributed by atoms with Crippen molar-refractivity contribution in [1.29, 1.82) is 0 Å². The molecule has 2 atom stereocenters. The maximum atomic E-state index is 5.97. The second-order valence-corrected chi connectivity index (χ2v) is 5.02. The SMILES string of the molecule is CCCNC(c1cnnn1C)C1CN(CC)CCO1. The number of hydrogen-bond acceptors (Lipinski definition) is 5. The summed E-state index contributed by atoms with van der Waals surface area (Å²) in [5.74, 6) is 0. The smallest absolute Gasteiger partial charge is 0.0912 e. The molecule has 1 aromatic heterocycles. The summed E-state index contributed by atoms with van der Waals surface area (Å²) in [6.07, 6.45) is 3.10. The van der Waals surface area contributed by atoms with E-state index in [9.17, 15) is 0 Å². The minimum atomic E-state index is 0.161. The van der Waals surface area contributed by atoms with E-state index in [0.717, 1.165) is 44.9 Å². The maximum Gasteiger partial charge on any atom is 0.0912 e. The monoisotopic (exact) mass is 267 g/mol. The Labute approximate surface area is 115 Å². The number of morpholine rings is 1. The first-order valence-electron chi connectivity index (χ1n) is 7.18. The van der Waals surface area contributed by atoms with Crippen LogP contribution in [0.25, 0.3) is 0 Å². The molecule has 0 spiro atoms. The van der Waals surface area contributed by atoms with Crippen LogP contribution >= 0.6 is 0 Å². The maximum absolute atomic E-state index is 5.97. The Morgan fingerprint density at radius 1 is 1.53 bits per heavy atom. The lowest BCUT2D eigenvalue weighted by Crippen LogP contribution is -2.48. The quantitative estimate of drug-likeness (QED) is 0.817. The van der Waals surface area contributed by atoms with Gasteiger partial charge in [0.05, 0.1) is 30.6 Å². The van der Waals surface area contributed by atoms with Gasteiger partial charge in [-0.2, -0.15) is 0 Å². The highest BCUT2D eigenvalue weighted by molar-refractivity contribution is 5.06. The Balaban J connectivity index is 2.10. The van der Waals surface area contributed by atoms with Crippen LogP contribution in [0.2, 0.25) is 0 Å². The van der Waals surface area contributed by atoms with E-state index < -0.39 is 0 Å². The van der Waals surface area contributed by atoms with Gasteiger partial charge in [-0.25, -0.2) is 0 Å². The van der Waals surface area contributed by atoms with E-state index in [4.69, 9.17) is 4.74 Å². The summed E-state index contributed by atoms with van der Waals surface area (Å²) in [4.78, 5) is 2.43. The van der Waals surface area contributed by atoms with Gasteiger partial charge in [0.1, 0.15) is 0 Å². The summed E-state index contributed by atoms with van der Waals surface area (Å²) in [7, 11) is 1.93. The minimum Gasteiger partial charge on any atom is -0.374 e. The summed E-state index contributed by atoms with van der Waals surface area (Å²) in [6.45, 7) is 9.20. The lowest BCUT2D eigenvalue weighted by atomic mass is 10.1. The van der Waals surface area contributed by atoms with Crippen molar-refractivity contribution in [1.82, 2.24) is 25.2 Å². The number of ether oxygens (including phenoxy) is 1. The summed E-state index contributed by atoms with van der Waals surface area (Å²) >= 11 is 0. The standard InChI is InChI=1S/C13H25N5O/c1-4-6-14-13(11-9-15-16-17(11)3)12-10-18(5-2)7-8-19-12/h9,12-14H,4-8,10H2,1-3H3. The zero-order valence-corrected chi connectivity index (χ0v) is 12.2. The number of likely N-dealkylation sites (N-methyl/N-ethyl adjacent to an activating group) is 1. The van der Waals surface area contributed by atoms with E-state index in [2.05, 4.69) is 34.4 Å². The molecule has 1 N–H and O–H groups in total. The van der Waals surface area contributed by atoms with E-state index in [0.29, 0.717) is 0 Å². The summed E-state index contributed by atoms with van der Waals surface area (Å²) in [5, 5.41) is 11.6. The molecule has 19 heavy (non-hydrogen) atoms. The first-order chi connectivity index (χ1) is 9.26. The lowest BCUT2D eigenvalue weighted by molar-refractivity contribution is -0.0468. The number of aromatic nitrogens is 3. The molecular weight excluding hydrogens is 242 g/mol. The van der Waals surface area contributed by atoms with Crippen LogP contribution < -0.4 is 5.32 Å². The zero-order chi connectivity index (χ0) is 13.7. The van der Waals surface area contributed by atoms with Crippen molar-refractivity contribution in [2.45, 2.75) is 32.4 Å². The highest BCUT2D eigenvalue weighted by atomic mass is 16.5. The van der Waals surface area contributed by atoms with Gasteiger partial charge < -0.3 is 10.1 Å². The van der Waals surface area contributed by atoms with E-state index in [1.807, 2.05) is 17.9 Å². The molecule has 1 aromatic rings. The zero-order valence-electron chi connectivity index (χ0n) is 12.2. The molecule has 108 valence electrons. The van der Waals surface area contributed by atoms with Gasteiger partial charge in [0.25, 0.3) is 0 Å². The third-order valence-corrected chi connectivity index (χ3v) is 3.68. The molecule has 0 radical (unpaired) electrons. The van der Waals surface area contributed by atoms with Crippen LogP contribution in [0, 0.1) is 0 Å². The normalized spacial score (nSPS) is 22.6. The third kappa shape index (κ3) is 3.52. The number of hydrogen-bond donors (Lipinski definition) is 1. The lowest BCUT2D eigenvalue weighted by Gasteiger charge is -2.36. The Kier molecular flexibility index (Phi) is 5.30. The molecule has 6 heteroatoms. The number of rotatable bonds is 6. The van der Waals surface area contributed by atoms with Gasteiger partial charge in [0.2, 0.25) is 0 Å². The van der Waals surface area contributed by atoms with E-state index in [1.165, 1.54) is 0 Å². The second kappa shape index (κ2) is 6.98. The van der Waals surface area contributed by atoms with Gasteiger partial charge in [-0.05, 0) is 19.5 Å². The van der Waals surface area contributed by atoms with Gasteiger partial charge >= 0.3 is 0 Å². The average Bonchev–Trinajstić information content (AvgIpc) is 2.86. The molecular formula is C13H25N5O. The fraction of sp³-hybridized carbons (Fsp3) is 0.846. The molecule has 1 saturated heterocycles. The predicted molar refractivity (Wildman–Crippen MR) is 73.9 cm³/mol. The van der Waals surface area contributed by atoms with Crippen molar-refractivity contribution >= 4 is 0 Å². The van der Waals surface area contributed by atoms with Gasteiger partial charge in [-0.15, -0.1) is 5.10 Å². The summed E-state index contributed by atoms with van der Waals surface area (Å²) in [6, 6.07) is 0.161. The van der Waals surface area contributed by atoms with Gasteiger partial charge in [-0.3, -0.25) is 9.58 Å². The molecule has 2 unspecified atom stereocenters. The van der Waals surface area contributed by atoms with Crippen molar-refractivity contribution in [3.63, 3.8) is 0 Å². The van der Waals surface area contributed by atoms with Crippen LogP contribution in [-0.4, -0.2) is 58.8 Å². The topological polar surface area (TPSA) is 55.2 Å². The Bertz CT molecular complexity index is 381. The molecule has 1 aliphatic rings. The predicted octanol–water partition coefficient (Wildman–Crippen LogP) is 0.577. The van der Waals surface area contributed by atoms with Crippen LogP contribution in [0.5, 0.6) is 0 Å². The highest BCUT2D eigenvalue weighted by Gasteiger charge is 2.30. The number of nitrogens with one attached hydrogen (secondary N) is 1.